The van der Waals surface area contributed by atoms with Crippen molar-refractivity contribution in [3.05, 3.63) is 53.1 Å². The van der Waals surface area contributed by atoms with Gasteiger partial charge in [-0.2, -0.15) is 0 Å². The van der Waals surface area contributed by atoms with Gasteiger partial charge in [0.25, 0.3) is 0 Å². The Labute approximate surface area is 190 Å². The summed E-state index contributed by atoms with van der Waals surface area (Å²) < 4.78 is 18.5. The van der Waals surface area contributed by atoms with Gasteiger partial charge in [-0.1, -0.05) is 24.3 Å². The van der Waals surface area contributed by atoms with Crippen molar-refractivity contribution < 1.29 is 18.8 Å². The number of nitrogens with two attached hydrogens (primary N) is 2. The van der Waals surface area contributed by atoms with Crippen molar-refractivity contribution in [2.24, 2.45) is 11.7 Å². The minimum atomic E-state index is -0.531. The molecule has 32 heavy (non-hydrogen) atoms. The summed E-state index contributed by atoms with van der Waals surface area (Å²) in [5, 5.41) is 1.94. The highest BCUT2D eigenvalue weighted by Crippen LogP contribution is 2.37. The van der Waals surface area contributed by atoms with E-state index in [1.165, 1.54) is 7.05 Å². The van der Waals surface area contributed by atoms with Gasteiger partial charge in [0.2, 0.25) is 0 Å². The summed E-state index contributed by atoms with van der Waals surface area (Å²) in [5.74, 6) is 12.3. The number of ether oxygens (including phenoxy) is 1. The Kier molecular flexibility index (Phi) is 6.58. The fraction of sp³-hybridized carbons (Fsp3) is 0.435. The Morgan fingerprint density at radius 3 is 2.22 bits per heavy atom. The van der Waals surface area contributed by atoms with E-state index >= 15 is 0 Å². The lowest BCUT2D eigenvalue weighted by molar-refractivity contribution is 0.00578. The number of para-hydroxylation sites is 1. The van der Waals surface area contributed by atoms with Crippen LogP contribution in [0.2, 0.25) is 0 Å². The number of nitrogens with zero attached hydrogens (tertiary/aromatic N) is 2. The Morgan fingerprint density at radius 1 is 1.03 bits per heavy atom. The first-order valence-electron chi connectivity index (χ1n) is 10.6. The average molecular weight is 440 g/mol. The van der Waals surface area contributed by atoms with Gasteiger partial charge in [-0.3, -0.25) is 5.01 Å². The van der Waals surface area contributed by atoms with Crippen LogP contribution >= 0.6 is 0 Å². The van der Waals surface area contributed by atoms with Gasteiger partial charge in [0, 0.05) is 12.6 Å². The molecular formula is C23H33BN4O4. The van der Waals surface area contributed by atoms with Gasteiger partial charge in [0.1, 0.15) is 12.4 Å². The van der Waals surface area contributed by atoms with Crippen molar-refractivity contribution in [1.29, 1.82) is 0 Å². The van der Waals surface area contributed by atoms with Crippen LogP contribution in [-0.4, -0.2) is 36.4 Å². The van der Waals surface area contributed by atoms with E-state index in [9.17, 15) is 4.79 Å². The number of carbonyl (C=O) groups is 1. The number of benzene rings is 2. The Bertz CT molecular complexity index is 993. The topological polar surface area (TPSA) is 103 Å². The molecule has 8 nitrogen and oxygen atoms in total. The van der Waals surface area contributed by atoms with Crippen LogP contribution in [-0.2, 0) is 15.9 Å². The lowest BCUT2D eigenvalue weighted by Gasteiger charge is -2.32. The summed E-state index contributed by atoms with van der Waals surface area (Å²) >= 11 is 0. The van der Waals surface area contributed by atoms with Gasteiger partial charge in [-0.05, 0) is 70.3 Å². The molecule has 0 aliphatic carbocycles. The normalized spacial score (nSPS) is 16.7. The molecule has 9 heteroatoms. The molecule has 0 bridgehead atoms. The first-order valence-corrected chi connectivity index (χ1v) is 10.6. The van der Waals surface area contributed by atoms with Gasteiger partial charge in [0.15, 0.2) is 0 Å². The van der Waals surface area contributed by atoms with E-state index in [0.29, 0.717) is 5.69 Å². The summed E-state index contributed by atoms with van der Waals surface area (Å²) in [5.41, 5.74) is 3.44. The third-order valence-electron chi connectivity index (χ3n) is 6.21. The lowest BCUT2D eigenvalue weighted by Crippen LogP contribution is -2.49. The fourth-order valence-corrected chi connectivity index (χ4v) is 3.49. The third kappa shape index (κ3) is 4.61. The summed E-state index contributed by atoms with van der Waals surface area (Å²) in [6.45, 7) is 12.4. The standard InChI is InChI=1S/C23H33BN4O4/c1-15-13-20(16(2)12-18(15)24-31-22(3,4)23(5,6)32-24)30-14-17-10-8-9-11-19(17)28(26)21(29)27(7)25/h8-13H,14,25-26H2,1-7H3. The van der Waals surface area contributed by atoms with E-state index < -0.39 is 24.4 Å². The van der Waals surface area contributed by atoms with Crippen LogP contribution in [0.25, 0.3) is 0 Å². The first kappa shape index (κ1) is 24.1. The maximum Gasteiger partial charge on any atom is 0.495 e. The quantitative estimate of drug-likeness (QED) is 0.321. The number of hydrogen-bond donors (Lipinski definition) is 2. The SMILES string of the molecule is Cc1cc(B2OC(C)(C)C(C)(C)O2)c(C)cc1OCc1ccccc1N(N)C(=O)N(C)N. The predicted molar refractivity (Wildman–Crippen MR) is 126 cm³/mol. The van der Waals surface area contributed by atoms with E-state index in [-0.39, 0.29) is 6.61 Å². The summed E-state index contributed by atoms with van der Waals surface area (Å²) in [6, 6.07) is 10.8. The second-order valence-electron chi connectivity index (χ2n) is 9.24. The van der Waals surface area contributed by atoms with Crippen molar-refractivity contribution in [2.75, 3.05) is 12.1 Å². The molecule has 0 atom stereocenters. The average Bonchev–Trinajstić information content (AvgIpc) is 2.94. The zero-order valence-corrected chi connectivity index (χ0v) is 19.9. The molecule has 1 aliphatic heterocycles. The van der Waals surface area contributed by atoms with Gasteiger partial charge in [0.05, 0.1) is 16.9 Å². The molecular weight excluding hydrogens is 407 g/mol. The molecule has 0 aromatic heterocycles. The molecule has 0 saturated carbocycles. The molecule has 172 valence electrons. The number of urea groups is 1. The van der Waals surface area contributed by atoms with Crippen LogP contribution in [0.5, 0.6) is 5.75 Å². The third-order valence-corrected chi connectivity index (χ3v) is 6.21. The predicted octanol–water partition coefficient (Wildman–Crippen LogP) is 2.79. The highest BCUT2D eigenvalue weighted by Gasteiger charge is 2.52. The van der Waals surface area contributed by atoms with Gasteiger partial charge >= 0.3 is 13.1 Å². The molecule has 1 fully saturated rings. The molecule has 0 unspecified atom stereocenters. The highest BCUT2D eigenvalue weighted by atomic mass is 16.7. The van der Waals surface area contributed by atoms with Gasteiger partial charge < -0.3 is 14.0 Å². The first-order chi connectivity index (χ1) is 14.8. The van der Waals surface area contributed by atoms with E-state index in [1.54, 1.807) is 12.1 Å². The van der Waals surface area contributed by atoms with Crippen molar-refractivity contribution in [1.82, 2.24) is 5.01 Å². The van der Waals surface area contributed by atoms with Crippen molar-refractivity contribution in [3.63, 3.8) is 0 Å². The molecule has 2 aromatic rings. The lowest BCUT2D eigenvalue weighted by atomic mass is 9.75. The molecule has 4 N–H and O–H groups in total. The number of rotatable bonds is 5. The zero-order valence-electron chi connectivity index (χ0n) is 19.9. The van der Waals surface area contributed by atoms with Crippen LogP contribution in [0.3, 0.4) is 0 Å². The molecule has 3 rings (SSSR count). The van der Waals surface area contributed by atoms with Gasteiger partial charge in [-0.25, -0.2) is 21.5 Å². The highest BCUT2D eigenvalue weighted by molar-refractivity contribution is 6.62. The van der Waals surface area contributed by atoms with Crippen LogP contribution in [0.1, 0.15) is 44.4 Å². The van der Waals surface area contributed by atoms with Crippen LogP contribution < -0.4 is 26.9 Å². The monoisotopic (exact) mass is 440 g/mol. The molecule has 1 aliphatic rings. The van der Waals surface area contributed by atoms with Crippen molar-refractivity contribution in [3.8, 4) is 5.75 Å². The smallest absolute Gasteiger partial charge is 0.489 e. The maximum absolute atomic E-state index is 12.2. The second kappa shape index (κ2) is 8.75. The molecule has 0 spiro atoms. The number of aryl methyl sites for hydroxylation is 2. The number of anilines is 1. The van der Waals surface area contributed by atoms with Crippen molar-refractivity contribution in [2.45, 2.75) is 59.4 Å². The fourth-order valence-electron chi connectivity index (χ4n) is 3.49. The van der Waals surface area contributed by atoms with Gasteiger partial charge in [-0.15, -0.1) is 0 Å². The summed E-state index contributed by atoms with van der Waals surface area (Å²) in [7, 11) is 1.01. The largest absolute Gasteiger partial charge is 0.495 e. The van der Waals surface area contributed by atoms with Crippen LogP contribution in [0, 0.1) is 13.8 Å². The maximum atomic E-state index is 12.2. The van der Waals surface area contributed by atoms with Crippen molar-refractivity contribution >= 4 is 24.3 Å². The Hall–Kier alpha value is -2.59. The molecule has 2 aromatic carbocycles. The number of amides is 2. The Morgan fingerprint density at radius 2 is 1.62 bits per heavy atom. The zero-order chi connectivity index (χ0) is 23.8. The molecule has 1 heterocycles. The van der Waals surface area contributed by atoms with E-state index in [2.05, 4.69) is 0 Å². The minimum absolute atomic E-state index is 0.238. The number of carbonyl (C=O) groups excluding carboxylic acids is 1. The molecule has 2 amide bonds. The molecule has 0 radical (unpaired) electrons. The summed E-state index contributed by atoms with van der Waals surface area (Å²) in [4.78, 5) is 12.2. The second-order valence-corrected chi connectivity index (χ2v) is 9.24. The van der Waals surface area contributed by atoms with Crippen LogP contribution in [0.4, 0.5) is 10.5 Å². The van der Waals surface area contributed by atoms with E-state index in [1.807, 2.05) is 65.8 Å². The summed E-state index contributed by atoms with van der Waals surface area (Å²) in [6.07, 6.45) is 0. The number of hydrogen-bond acceptors (Lipinski definition) is 6. The van der Waals surface area contributed by atoms with Crippen LogP contribution in [0.15, 0.2) is 36.4 Å². The van der Waals surface area contributed by atoms with E-state index in [4.69, 9.17) is 25.7 Å². The Balaban J connectivity index is 1.80. The minimum Gasteiger partial charge on any atom is -0.489 e. The van der Waals surface area contributed by atoms with E-state index in [0.717, 1.165) is 37.9 Å². The number of hydrazine groups is 2. The molecule has 1 saturated heterocycles.